The third kappa shape index (κ3) is 3.37. The SMILES string of the molecule is COc1cc(C(C)Nc2cccnc2N(C)C)ccc1O. The second-order valence-electron chi connectivity index (χ2n) is 5.07. The predicted molar refractivity (Wildman–Crippen MR) is 85.3 cm³/mol. The summed E-state index contributed by atoms with van der Waals surface area (Å²) in [5.74, 6) is 1.50. The molecule has 5 nitrogen and oxygen atoms in total. The minimum absolute atomic E-state index is 0.0578. The number of nitrogens with zero attached hydrogens (tertiary/aromatic N) is 2. The number of hydrogen-bond acceptors (Lipinski definition) is 5. The van der Waals surface area contributed by atoms with Gasteiger partial charge in [0.2, 0.25) is 0 Å². The Morgan fingerprint density at radius 3 is 2.71 bits per heavy atom. The van der Waals surface area contributed by atoms with Gasteiger partial charge in [-0.3, -0.25) is 0 Å². The van der Waals surface area contributed by atoms with Crippen molar-refractivity contribution in [1.29, 1.82) is 0 Å². The molecule has 0 amide bonds. The van der Waals surface area contributed by atoms with Gasteiger partial charge in [-0.25, -0.2) is 4.98 Å². The molecule has 1 heterocycles. The molecule has 0 aliphatic rings. The fourth-order valence-electron chi connectivity index (χ4n) is 2.15. The number of hydrogen-bond donors (Lipinski definition) is 2. The summed E-state index contributed by atoms with van der Waals surface area (Å²) in [6.45, 7) is 2.05. The van der Waals surface area contributed by atoms with Crippen LogP contribution in [0.3, 0.4) is 0 Å². The highest BCUT2D eigenvalue weighted by molar-refractivity contribution is 5.65. The second kappa shape index (κ2) is 6.35. The maximum absolute atomic E-state index is 9.66. The first kappa shape index (κ1) is 15.0. The molecule has 21 heavy (non-hydrogen) atoms. The summed E-state index contributed by atoms with van der Waals surface area (Å²) < 4.78 is 5.15. The first-order valence-corrected chi connectivity index (χ1v) is 6.78. The van der Waals surface area contributed by atoms with E-state index >= 15 is 0 Å². The first-order valence-electron chi connectivity index (χ1n) is 6.78. The maximum Gasteiger partial charge on any atom is 0.160 e. The number of ether oxygens (including phenoxy) is 1. The van der Waals surface area contributed by atoms with Gasteiger partial charge < -0.3 is 20.1 Å². The molecule has 5 heteroatoms. The molecule has 2 rings (SSSR count). The minimum atomic E-state index is 0.0578. The van der Waals surface area contributed by atoms with Crippen LogP contribution < -0.4 is 15.0 Å². The molecular formula is C16H21N3O2. The molecule has 0 saturated carbocycles. The Morgan fingerprint density at radius 2 is 2.05 bits per heavy atom. The Labute approximate surface area is 125 Å². The van der Waals surface area contributed by atoms with E-state index in [1.165, 1.54) is 0 Å². The molecule has 0 fully saturated rings. The molecule has 0 spiro atoms. The van der Waals surface area contributed by atoms with Crippen LogP contribution in [-0.4, -0.2) is 31.3 Å². The highest BCUT2D eigenvalue weighted by Crippen LogP contribution is 2.31. The van der Waals surface area contributed by atoms with Gasteiger partial charge in [-0.2, -0.15) is 0 Å². The van der Waals surface area contributed by atoms with Crippen LogP contribution in [0.5, 0.6) is 11.5 Å². The van der Waals surface area contributed by atoms with Crippen LogP contribution in [0, 0.1) is 0 Å². The van der Waals surface area contributed by atoms with Crippen molar-refractivity contribution in [1.82, 2.24) is 4.98 Å². The predicted octanol–water partition coefficient (Wildman–Crippen LogP) is 3.03. The summed E-state index contributed by atoms with van der Waals surface area (Å²) in [6, 6.07) is 9.31. The number of aromatic hydroxyl groups is 1. The van der Waals surface area contributed by atoms with Crippen LogP contribution in [0.25, 0.3) is 0 Å². The van der Waals surface area contributed by atoms with Crippen molar-refractivity contribution < 1.29 is 9.84 Å². The summed E-state index contributed by atoms with van der Waals surface area (Å²) in [5.41, 5.74) is 1.99. The summed E-state index contributed by atoms with van der Waals surface area (Å²) in [5, 5.41) is 13.1. The van der Waals surface area contributed by atoms with Crippen molar-refractivity contribution in [2.24, 2.45) is 0 Å². The molecular weight excluding hydrogens is 266 g/mol. The van der Waals surface area contributed by atoms with E-state index in [0.29, 0.717) is 5.75 Å². The van der Waals surface area contributed by atoms with E-state index in [0.717, 1.165) is 17.1 Å². The number of phenols is 1. The van der Waals surface area contributed by atoms with E-state index in [2.05, 4.69) is 17.2 Å². The lowest BCUT2D eigenvalue weighted by molar-refractivity contribution is 0.373. The Kier molecular flexibility index (Phi) is 4.52. The molecule has 0 radical (unpaired) electrons. The second-order valence-corrected chi connectivity index (χ2v) is 5.07. The van der Waals surface area contributed by atoms with Crippen LogP contribution in [0.1, 0.15) is 18.5 Å². The highest BCUT2D eigenvalue weighted by atomic mass is 16.5. The van der Waals surface area contributed by atoms with Gasteiger partial charge in [-0.1, -0.05) is 6.07 Å². The molecule has 0 aliphatic heterocycles. The first-order chi connectivity index (χ1) is 10.0. The lowest BCUT2D eigenvalue weighted by Gasteiger charge is -2.21. The van der Waals surface area contributed by atoms with E-state index in [4.69, 9.17) is 4.74 Å². The van der Waals surface area contributed by atoms with Crippen LogP contribution in [0.15, 0.2) is 36.5 Å². The monoisotopic (exact) mass is 287 g/mol. The lowest BCUT2D eigenvalue weighted by Crippen LogP contribution is -2.15. The summed E-state index contributed by atoms with van der Waals surface area (Å²) in [7, 11) is 5.46. The topological polar surface area (TPSA) is 57.6 Å². The minimum Gasteiger partial charge on any atom is -0.504 e. The van der Waals surface area contributed by atoms with Crippen molar-refractivity contribution >= 4 is 11.5 Å². The van der Waals surface area contributed by atoms with Crippen LogP contribution >= 0.6 is 0 Å². The van der Waals surface area contributed by atoms with Crippen LogP contribution in [0.4, 0.5) is 11.5 Å². The van der Waals surface area contributed by atoms with Crippen molar-refractivity contribution in [3.05, 3.63) is 42.1 Å². The molecule has 0 bridgehead atoms. The van der Waals surface area contributed by atoms with Crippen molar-refractivity contribution in [2.75, 3.05) is 31.4 Å². The Hall–Kier alpha value is -2.43. The number of nitrogens with one attached hydrogen (secondary N) is 1. The number of rotatable bonds is 5. The Balaban J connectivity index is 2.24. The van der Waals surface area contributed by atoms with Crippen molar-refractivity contribution in [2.45, 2.75) is 13.0 Å². The van der Waals surface area contributed by atoms with Gasteiger partial charge in [0.1, 0.15) is 0 Å². The van der Waals surface area contributed by atoms with Gasteiger partial charge in [0, 0.05) is 26.3 Å². The fraction of sp³-hybridized carbons (Fsp3) is 0.312. The standard InChI is InChI=1S/C16H21N3O2/c1-11(12-7-8-14(20)15(10-12)21-4)18-13-6-5-9-17-16(13)19(2)3/h5-11,18,20H,1-4H3. The number of benzene rings is 1. The summed E-state index contributed by atoms with van der Waals surface area (Å²) in [4.78, 5) is 6.34. The molecule has 2 N–H and O–H groups in total. The van der Waals surface area contributed by atoms with Crippen molar-refractivity contribution in [3.63, 3.8) is 0 Å². The maximum atomic E-state index is 9.66. The van der Waals surface area contributed by atoms with Crippen LogP contribution in [-0.2, 0) is 0 Å². The van der Waals surface area contributed by atoms with Gasteiger partial charge in [-0.05, 0) is 36.8 Å². The number of methoxy groups -OCH3 is 1. The van der Waals surface area contributed by atoms with Crippen LogP contribution in [0.2, 0.25) is 0 Å². The zero-order chi connectivity index (χ0) is 15.4. The largest absolute Gasteiger partial charge is 0.504 e. The molecule has 1 aromatic carbocycles. The zero-order valence-corrected chi connectivity index (χ0v) is 12.8. The van der Waals surface area contributed by atoms with Crippen molar-refractivity contribution in [3.8, 4) is 11.5 Å². The summed E-state index contributed by atoms with van der Waals surface area (Å²) >= 11 is 0. The molecule has 2 aromatic rings. The fourth-order valence-corrected chi connectivity index (χ4v) is 2.15. The van der Waals surface area contributed by atoms with Gasteiger partial charge in [0.05, 0.1) is 12.8 Å². The van der Waals surface area contributed by atoms with E-state index in [1.54, 1.807) is 19.4 Å². The number of anilines is 2. The van der Waals surface area contributed by atoms with Gasteiger partial charge in [-0.15, -0.1) is 0 Å². The molecule has 0 aliphatic carbocycles. The zero-order valence-electron chi connectivity index (χ0n) is 12.8. The van der Waals surface area contributed by atoms with Gasteiger partial charge >= 0.3 is 0 Å². The van der Waals surface area contributed by atoms with E-state index in [-0.39, 0.29) is 11.8 Å². The normalized spacial score (nSPS) is 11.8. The quantitative estimate of drug-likeness (QED) is 0.885. The third-order valence-electron chi connectivity index (χ3n) is 3.29. The lowest BCUT2D eigenvalue weighted by atomic mass is 10.1. The molecule has 1 atom stereocenters. The van der Waals surface area contributed by atoms with E-state index in [1.807, 2.05) is 43.3 Å². The van der Waals surface area contributed by atoms with Gasteiger partial charge in [0.15, 0.2) is 17.3 Å². The number of aromatic nitrogens is 1. The smallest absolute Gasteiger partial charge is 0.160 e. The highest BCUT2D eigenvalue weighted by Gasteiger charge is 2.12. The average Bonchev–Trinajstić information content (AvgIpc) is 2.48. The number of pyridine rings is 1. The van der Waals surface area contributed by atoms with E-state index in [9.17, 15) is 5.11 Å². The molecule has 112 valence electrons. The molecule has 1 unspecified atom stereocenters. The van der Waals surface area contributed by atoms with Gasteiger partial charge in [0.25, 0.3) is 0 Å². The van der Waals surface area contributed by atoms with E-state index < -0.39 is 0 Å². The Morgan fingerprint density at radius 1 is 1.29 bits per heavy atom. The Bertz CT molecular complexity index is 614. The number of phenolic OH excluding ortho intramolecular Hbond substituents is 1. The molecule has 0 saturated heterocycles. The average molecular weight is 287 g/mol. The summed E-state index contributed by atoms with van der Waals surface area (Å²) in [6.07, 6.45) is 1.77. The third-order valence-corrected chi connectivity index (χ3v) is 3.29. The molecule has 1 aromatic heterocycles.